The Morgan fingerprint density at radius 2 is 0.610 bits per heavy atom. The molecule has 0 radical (unpaired) electrons. The normalized spacial score (nSPS) is 12.9. The monoisotopic (exact) mass is 1090 g/mol. The minimum Gasteiger partial charge on any atom is -0.465 e. The lowest BCUT2D eigenvalue weighted by Gasteiger charge is -2.33. The number of aliphatic hydroxyl groups excluding tert-OH is 8. The molecular weight excluding hydrogens is 1010 g/mol. The highest BCUT2D eigenvalue weighted by molar-refractivity contribution is 6.23. The Hall–Kier alpha value is -6.11. The fourth-order valence-electron chi connectivity index (χ4n) is 7.36. The van der Waals surface area contributed by atoms with E-state index in [2.05, 4.69) is 42.5 Å². The molecule has 0 saturated carbocycles. The molecule has 0 aliphatic rings. The van der Waals surface area contributed by atoms with E-state index >= 15 is 0 Å². The summed E-state index contributed by atoms with van der Waals surface area (Å²) in [5.41, 5.74) is -12.7. The molecule has 77 heavy (non-hydrogen) atoms. The topological polar surface area (TPSA) is 346 Å². The summed E-state index contributed by atoms with van der Waals surface area (Å²) in [5, 5.41) is 85.0. The summed E-state index contributed by atoms with van der Waals surface area (Å²) in [6.45, 7) is -4.56. The molecule has 0 atom stereocenters. The van der Waals surface area contributed by atoms with E-state index in [-0.39, 0.29) is 6.61 Å². The highest BCUT2D eigenvalue weighted by atomic mass is 16.6. The van der Waals surface area contributed by atoms with Crippen molar-refractivity contribution < 1.29 is 108 Å². The Morgan fingerprint density at radius 1 is 0.338 bits per heavy atom. The lowest BCUT2D eigenvalue weighted by atomic mass is 9.89. The Kier molecular flexibility index (Phi) is 21.8. The fraction of sp³-hybridized carbons (Fsp3) is 0.582. The molecular formula is C55H74O22. The molecule has 0 unspecified atom stereocenters. The molecule has 22 nitrogen and oxygen atoms in total. The summed E-state index contributed by atoms with van der Waals surface area (Å²) in [6, 6.07) is 18.5. The summed E-state index contributed by atoms with van der Waals surface area (Å²) in [4.78, 5) is 94.8. The first-order valence-corrected chi connectivity index (χ1v) is 24.9. The standard InChI is InChI=1S/C55H74O22/c1-49(21-56,22-57)42(64)72-31-54(6,32-73-43(65)50(2,23-58)24-59)47(69)76-29-53(5,30-77-48(70)55(7,33-74-44(66)51(3,25-60)26-61)34-75-45(67)52(4,27-62)28-63)46(68)71-20-9-8-11-35-14-15-38-17-16-36-12-10-13-37-18-19-39(35)41(38)40(36)37/h10,12-19,56-63H,8-9,11,20-34H2,1-7H3. The average Bonchev–Trinajstić information content (AvgIpc) is 3.45. The summed E-state index contributed by atoms with van der Waals surface area (Å²) in [7, 11) is 0. The van der Waals surface area contributed by atoms with Crippen molar-refractivity contribution >= 4 is 74.1 Å². The zero-order valence-electron chi connectivity index (χ0n) is 44.7. The van der Waals surface area contributed by atoms with Crippen LogP contribution in [0.2, 0.25) is 0 Å². The largest absolute Gasteiger partial charge is 0.465 e. The van der Waals surface area contributed by atoms with E-state index in [1.54, 1.807) is 0 Å². The molecule has 4 aromatic rings. The molecule has 8 N–H and O–H groups in total. The second-order valence-electron chi connectivity index (χ2n) is 21.8. The average molecular weight is 1090 g/mol. The maximum Gasteiger partial charge on any atom is 0.318 e. The zero-order valence-corrected chi connectivity index (χ0v) is 44.7. The van der Waals surface area contributed by atoms with Gasteiger partial charge in [-0.3, -0.25) is 33.6 Å². The van der Waals surface area contributed by atoms with E-state index in [1.165, 1.54) is 34.6 Å². The van der Waals surface area contributed by atoms with E-state index in [0.717, 1.165) is 51.7 Å². The van der Waals surface area contributed by atoms with Crippen LogP contribution in [0.1, 0.15) is 66.9 Å². The maximum absolute atomic E-state index is 14.3. The number of unbranched alkanes of at least 4 members (excludes halogenated alkanes) is 1. The van der Waals surface area contributed by atoms with E-state index in [9.17, 15) is 74.4 Å². The highest BCUT2D eigenvalue weighted by Gasteiger charge is 2.48. The number of hydrogen-bond acceptors (Lipinski definition) is 22. The molecule has 0 aliphatic carbocycles. The van der Waals surface area contributed by atoms with Gasteiger partial charge in [-0.05, 0) is 106 Å². The smallest absolute Gasteiger partial charge is 0.318 e. The molecule has 0 saturated heterocycles. The first-order valence-electron chi connectivity index (χ1n) is 24.9. The van der Waals surface area contributed by atoms with Gasteiger partial charge >= 0.3 is 41.8 Å². The van der Waals surface area contributed by atoms with Crippen LogP contribution in [-0.4, -0.2) is 182 Å². The lowest BCUT2D eigenvalue weighted by Crippen LogP contribution is -2.48. The summed E-state index contributed by atoms with van der Waals surface area (Å²) in [5.74, 6) is -8.30. The quantitative estimate of drug-likeness (QED) is 0.0149. The fourth-order valence-corrected chi connectivity index (χ4v) is 7.36. The molecule has 0 heterocycles. The third-order valence-electron chi connectivity index (χ3n) is 14.1. The summed E-state index contributed by atoms with van der Waals surface area (Å²) in [6.07, 6.45) is 1.46. The van der Waals surface area contributed by atoms with Crippen molar-refractivity contribution in [2.75, 3.05) is 99.1 Å². The van der Waals surface area contributed by atoms with Gasteiger partial charge in [-0.15, -0.1) is 0 Å². The lowest BCUT2D eigenvalue weighted by molar-refractivity contribution is -0.185. The van der Waals surface area contributed by atoms with Crippen LogP contribution < -0.4 is 0 Å². The minimum absolute atomic E-state index is 0.179. The van der Waals surface area contributed by atoms with Gasteiger partial charge in [0.25, 0.3) is 0 Å². The van der Waals surface area contributed by atoms with Gasteiger partial charge in [0, 0.05) is 0 Å². The zero-order chi connectivity index (χ0) is 57.6. The van der Waals surface area contributed by atoms with E-state index in [0.29, 0.717) is 19.3 Å². The Bertz CT molecular complexity index is 2500. The van der Waals surface area contributed by atoms with Gasteiger partial charge in [-0.1, -0.05) is 54.6 Å². The van der Waals surface area contributed by atoms with Gasteiger partial charge < -0.3 is 74.0 Å². The first-order chi connectivity index (χ1) is 36.2. The number of ether oxygens (including phenoxy) is 7. The Morgan fingerprint density at radius 3 is 0.935 bits per heavy atom. The van der Waals surface area contributed by atoms with Gasteiger partial charge in [0.2, 0.25) is 0 Å². The molecule has 0 aromatic heterocycles. The Balaban J connectivity index is 1.63. The SMILES string of the molecule is CC(CO)(CO)C(=O)OCC(C)(COC(=O)C(C)(CO)CO)C(=O)OCC(C)(COC(=O)C(C)(COC(=O)C(C)(CO)CO)COC(=O)C(C)(CO)CO)C(=O)OCCCCc1ccc2ccc3cccc4ccc1c2c34. The number of aliphatic hydroxyl groups is 8. The number of aryl methyl sites for hydroxylation is 1. The van der Waals surface area contributed by atoms with Crippen LogP contribution >= 0.6 is 0 Å². The van der Waals surface area contributed by atoms with E-state index < -0.39 is 172 Å². The second-order valence-corrected chi connectivity index (χ2v) is 21.8. The third-order valence-corrected chi connectivity index (χ3v) is 14.1. The molecule has 426 valence electrons. The second kappa shape index (κ2) is 26.5. The van der Waals surface area contributed by atoms with Crippen LogP contribution in [0.4, 0.5) is 0 Å². The van der Waals surface area contributed by atoms with Gasteiger partial charge in [0.05, 0.1) is 59.5 Å². The highest BCUT2D eigenvalue weighted by Crippen LogP contribution is 2.37. The summed E-state index contributed by atoms with van der Waals surface area (Å²) < 4.78 is 38.3. The molecule has 4 rings (SSSR count). The van der Waals surface area contributed by atoms with Crippen LogP contribution in [0.5, 0.6) is 0 Å². The van der Waals surface area contributed by atoms with Gasteiger partial charge in [-0.25, -0.2) is 0 Å². The van der Waals surface area contributed by atoms with Crippen molar-refractivity contribution in [3.8, 4) is 0 Å². The molecule has 22 heteroatoms. The van der Waals surface area contributed by atoms with Crippen molar-refractivity contribution in [3.05, 3.63) is 60.2 Å². The molecule has 0 amide bonds. The van der Waals surface area contributed by atoms with Crippen LogP contribution in [0.25, 0.3) is 32.3 Å². The number of carbonyl (C=O) groups is 7. The van der Waals surface area contributed by atoms with Gasteiger partial charge in [-0.2, -0.15) is 0 Å². The van der Waals surface area contributed by atoms with Crippen molar-refractivity contribution in [2.24, 2.45) is 37.9 Å². The molecule has 0 spiro atoms. The van der Waals surface area contributed by atoms with Crippen LogP contribution in [-0.2, 0) is 73.1 Å². The van der Waals surface area contributed by atoms with Gasteiger partial charge in [0.15, 0.2) is 0 Å². The van der Waals surface area contributed by atoms with Gasteiger partial charge in [0.1, 0.15) is 77.5 Å². The van der Waals surface area contributed by atoms with Crippen molar-refractivity contribution in [2.45, 2.75) is 67.7 Å². The van der Waals surface area contributed by atoms with Crippen molar-refractivity contribution in [1.82, 2.24) is 0 Å². The number of carbonyl (C=O) groups excluding carboxylic acids is 7. The summed E-state index contributed by atoms with van der Waals surface area (Å²) >= 11 is 0. The molecule has 0 aliphatic heterocycles. The predicted molar refractivity (Wildman–Crippen MR) is 273 cm³/mol. The minimum atomic E-state index is -2.14. The number of benzene rings is 4. The van der Waals surface area contributed by atoms with Crippen LogP contribution in [0.3, 0.4) is 0 Å². The number of esters is 7. The van der Waals surface area contributed by atoms with Crippen LogP contribution in [0.15, 0.2) is 54.6 Å². The number of hydrogen-bond donors (Lipinski definition) is 8. The number of rotatable bonds is 32. The predicted octanol–water partition coefficient (Wildman–Crippen LogP) is 1.69. The van der Waals surface area contributed by atoms with Crippen molar-refractivity contribution in [3.63, 3.8) is 0 Å². The van der Waals surface area contributed by atoms with E-state index in [1.807, 2.05) is 12.1 Å². The Labute approximate surface area is 445 Å². The van der Waals surface area contributed by atoms with Crippen LogP contribution in [0, 0.1) is 37.9 Å². The molecule has 4 aromatic carbocycles. The maximum atomic E-state index is 14.3. The van der Waals surface area contributed by atoms with Crippen molar-refractivity contribution in [1.29, 1.82) is 0 Å². The van der Waals surface area contributed by atoms with E-state index in [4.69, 9.17) is 33.2 Å². The first kappa shape index (κ1) is 63.4. The molecule has 0 bridgehead atoms. The third kappa shape index (κ3) is 14.5. The molecule has 0 fully saturated rings.